The number of fused-ring (bicyclic) bond motifs is 1. The fourth-order valence-electron chi connectivity index (χ4n) is 4.78. The SMILES string of the molecule is C=C(C)C(=O)OCCN(I)C(=O)Oc1ccc(OC(=O)NCCOC(=O)C(=C)C#N)c2c1S/C(=C1/C(=O)N(C3=CCCC=C3)N(c3ccccc3)C1=O)S2. The number of para-hydroxylation sites is 1. The summed E-state index contributed by atoms with van der Waals surface area (Å²) in [7, 11) is 0. The molecule has 4 amide bonds. The number of benzene rings is 2. The molecule has 0 atom stereocenters. The molecule has 15 nitrogen and oxygen atoms in total. The molecule has 1 N–H and O–H groups in total. The van der Waals surface area contributed by atoms with Crippen LogP contribution >= 0.6 is 46.4 Å². The summed E-state index contributed by atoms with van der Waals surface area (Å²) >= 11 is 3.69. The number of carbonyl (C=O) groups excluding carboxylic acids is 6. The van der Waals surface area contributed by atoms with Crippen molar-refractivity contribution >= 4 is 88.0 Å². The summed E-state index contributed by atoms with van der Waals surface area (Å²) in [6, 6.07) is 13.0. The lowest BCUT2D eigenvalue weighted by Crippen LogP contribution is -2.40. The van der Waals surface area contributed by atoms with Crippen LogP contribution in [0.15, 0.2) is 110 Å². The average molecular weight is 884 g/mol. The molecule has 2 aromatic carbocycles. The number of nitrogens with zero attached hydrogens (tertiary/aromatic N) is 4. The lowest BCUT2D eigenvalue weighted by atomic mass is 10.1. The summed E-state index contributed by atoms with van der Waals surface area (Å²) in [6.07, 6.45) is 5.27. The number of ether oxygens (including phenoxy) is 4. The molecule has 0 bridgehead atoms. The van der Waals surface area contributed by atoms with Gasteiger partial charge in [0.2, 0.25) is 0 Å². The minimum absolute atomic E-state index is 0.0101. The highest BCUT2D eigenvalue weighted by molar-refractivity contribution is 14.1. The second kappa shape index (κ2) is 18.0. The summed E-state index contributed by atoms with van der Waals surface area (Å²) in [4.78, 5) is 78.3. The molecule has 2 heterocycles. The van der Waals surface area contributed by atoms with E-state index in [9.17, 15) is 28.8 Å². The number of anilines is 1. The zero-order valence-corrected chi connectivity index (χ0v) is 32.3. The summed E-state index contributed by atoms with van der Waals surface area (Å²) in [5, 5.41) is 13.8. The first-order chi connectivity index (χ1) is 25.9. The first kappa shape index (κ1) is 39.7. The van der Waals surface area contributed by atoms with Crippen LogP contribution < -0.4 is 19.8 Å². The van der Waals surface area contributed by atoms with Crippen LogP contribution in [0.1, 0.15) is 19.8 Å². The molecule has 0 radical (unpaired) electrons. The highest BCUT2D eigenvalue weighted by Gasteiger charge is 2.47. The maximum absolute atomic E-state index is 14.2. The quantitative estimate of drug-likeness (QED) is 0.0491. The van der Waals surface area contributed by atoms with E-state index in [0.717, 1.165) is 33.1 Å². The molecule has 3 aliphatic rings. The minimum Gasteiger partial charge on any atom is -0.460 e. The Hall–Kier alpha value is -5.52. The van der Waals surface area contributed by atoms with E-state index < -0.39 is 41.5 Å². The van der Waals surface area contributed by atoms with Crippen molar-refractivity contribution in [1.82, 2.24) is 13.4 Å². The van der Waals surface area contributed by atoms with Crippen LogP contribution in [-0.4, -0.2) is 70.4 Å². The van der Waals surface area contributed by atoms with Crippen LogP contribution in [-0.2, 0) is 28.7 Å². The number of nitrogens with one attached hydrogen (secondary N) is 1. The van der Waals surface area contributed by atoms with Crippen molar-refractivity contribution in [3.8, 4) is 17.6 Å². The van der Waals surface area contributed by atoms with Gasteiger partial charge in [0.05, 0.1) is 61.4 Å². The van der Waals surface area contributed by atoms with Gasteiger partial charge in [-0.2, -0.15) is 5.26 Å². The van der Waals surface area contributed by atoms with Crippen molar-refractivity contribution in [2.75, 3.05) is 31.3 Å². The van der Waals surface area contributed by atoms with Crippen LogP contribution in [0.3, 0.4) is 0 Å². The summed E-state index contributed by atoms with van der Waals surface area (Å²) in [6.45, 7) is 7.70. The molecule has 0 aromatic heterocycles. The van der Waals surface area contributed by atoms with Crippen LogP contribution in [0.5, 0.6) is 11.5 Å². The molecule has 0 spiro atoms. The smallest absolute Gasteiger partial charge is 0.424 e. The van der Waals surface area contributed by atoms with Crippen molar-refractivity contribution in [2.45, 2.75) is 29.6 Å². The molecule has 2 aliphatic heterocycles. The highest BCUT2D eigenvalue weighted by Crippen LogP contribution is 2.60. The molecule has 5 rings (SSSR count). The van der Waals surface area contributed by atoms with Gasteiger partial charge < -0.3 is 24.3 Å². The van der Waals surface area contributed by atoms with Gasteiger partial charge >= 0.3 is 24.1 Å². The van der Waals surface area contributed by atoms with Gasteiger partial charge in [0, 0.05) is 5.57 Å². The third-order valence-corrected chi connectivity index (χ3v) is 10.8. The number of nitriles is 1. The van der Waals surface area contributed by atoms with Crippen LogP contribution in [0.25, 0.3) is 0 Å². The van der Waals surface area contributed by atoms with E-state index in [1.165, 1.54) is 29.1 Å². The molecular weight excluding hydrogens is 853 g/mol. The van der Waals surface area contributed by atoms with Crippen LogP contribution in [0, 0.1) is 11.3 Å². The zero-order valence-electron chi connectivity index (χ0n) is 28.5. The normalized spacial score (nSPS) is 15.8. The fourth-order valence-corrected chi connectivity index (χ4v) is 7.73. The van der Waals surface area contributed by atoms with Gasteiger partial charge in [-0.3, -0.25) is 9.59 Å². The van der Waals surface area contributed by atoms with Gasteiger partial charge in [0.1, 0.15) is 41.9 Å². The molecule has 54 heavy (non-hydrogen) atoms. The van der Waals surface area contributed by atoms with Crippen LogP contribution in [0.4, 0.5) is 15.3 Å². The zero-order chi connectivity index (χ0) is 38.9. The Kier molecular flexibility index (Phi) is 13.2. The van der Waals surface area contributed by atoms with E-state index in [1.807, 2.05) is 12.2 Å². The van der Waals surface area contributed by atoms with Gasteiger partial charge in [-0.05, 0) is 50.1 Å². The average Bonchev–Trinajstić information content (AvgIpc) is 3.72. The van der Waals surface area contributed by atoms with E-state index in [0.29, 0.717) is 17.8 Å². The summed E-state index contributed by atoms with van der Waals surface area (Å²) in [5.74, 6) is -2.67. The molecule has 0 saturated carbocycles. The molecule has 2 aromatic rings. The third kappa shape index (κ3) is 9.15. The maximum atomic E-state index is 14.2. The van der Waals surface area contributed by atoms with E-state index in [1.54, 1.807) is 65.3 Å². The number of thioether (sulfide) groups is 2. The standard InChI is InChI=1S/C36H30IN5O10S2/c1-21(2)32(45)50-19-17-40(37)36(48)52-26-15-14-25(51-35(47)39-16-18-49-33(46)22(3)20-38)28-29(26)54-34(53-28)27-30(43)41(23-10-6-4-7-11-23)42(31(27)44)24-12-8-5-9-13-24/h4,6-8,10-15H,1,3,5,9,16-19H2,2H3,(H,39,47)/b34-27+. The predicted molar refractivity (Wildman–Crippen MR) is 205 cm³/mol. The molecule has 1 fully saturated rings. The monoisotopic (exact) mass is 883 g/mol. The van der Waals surface area contributed by atoms with Crippen molar-refractivity contribution < 1.29 is 47.7 Å². The first-order valence-corrected chi connectivity index (χ1v) is 18.6. The lowest BCUT2D eigenvalue weighted by molar-refractivity contribution is -0.139. The Morgan fingerprint density at radius 3 is 2.20 bits per heavy atom. The molecule has 18 heteroatoms. The Balaban J connectivity index is 1.43. The number of hydrazine groups is 1. The van der Waals surface area contributed by atoms with Gasteiger partial charge in [-0.1, -0.05) is 67.0 Å². The number of esters is 2. The molecule has 278 valence electrons. The van der Waals surface area contributed by atoms with Crippen molar-refractivity contribution in [1.29, 1.82) is 5.26 Å². The number of carbonyl (C=O) groups is 6. The number of hydrogen-bond donors (Lipinski definition) is 1. The minimum atomic E-state index is -0.933. The third-order valence-electron chi connectivity index (χ3n) is 7.32. The Labute approximate surface area is 331 Å². The summed E-state index contributed by atoms with van der Waals surface area (Å²) in [5.41, 5.74) is 0.652. The van der Waals surface area contributed by atoms with E-state index in [4.69, 9.17) is 24.2 Å². The Morgan fingerprint density at radius 1 is 0.926 bits per heavy atom. The largest absolute Gasteiger partial charge is 0.460 e. The fraction of sp³-hybridized carbons (Fsp3) is 0.194. The van der Waals surface area contributed by atoms with E-state index in [-0.39, 0.29) is 63.0 Å². The first-order valence-electron chi connectivity index (χ1n) is 16.0. The van der Waals surface area contributed by atoms with E-state index in [2.05, 4.69) is 18.5 Å². The molecule has 0 unspecified atom stereocenters. The number of allylic oxidation sites excluding steroid dienone is 3. The van der Waals surface area contributed by atoms with Gasteiger partial charge in [0.25, 0.3) is 11.8 Å². The molecule has 1 saturated heterocycles. The Bertz CT molecular complexity index is 2080. The highest BCUT2D eigenvalue weighted by atomic mass is 127. The maximum Gasteiger partial charge on any atom is 0.424 e. The van der Waals surface area contributed by atoms with Gasteiger partial charge in [0.15, 0.2) is 0 Å². The van der Waals surface area contributed by atoms with Crippen molar-refractivity contribution in [3.05, 3.63) is 101 Å². The van der Waals surface area contributed by atoms with Crippen molar-refractivity contribution in [3.63, 3.8) is 0 Å². The molecule has 1 aliphatic carbocycles. The number of hydrogen-bond acceptors (Lipinski definition) is 13. The Morgan fingerprint density at radius 2 is 1.57 bits per heavy atom. The van der Waals surface area contributed by atoms with Gasteiger partial charge in [-0.15, -0.1) is 0 Å². The number of halogens is 1. The number of rotatable bonds is 12. The summed E-state index contributed by atoms with van der Waals surface area (Å²) < 4.78 is 22.6. The van der Waals surface area contributed by atoms with Crippen molar-refractivity contribution in [2.24, 2.45) is 0 Å². The second-order valence-corrected chi connectivity index (χ2v) is 14.6. The van der Waals surface area contributed by atoms with E-state index >= 15 is 0 Å². The van der Waals surface area contributed by atoms with Gasteiger partial charge in [-0.25, -0.2) is 32.3 Å². The second-order valence-electron chi connectivity index (χ2n) is 11.2. The topological polar surface area (TPSA) is 185 Å². The number of amides is 4. The predicted octanol–water partition coefficient (Wildman–Crippen LogP) is 6.10. The molecular formula is C36H30IN5O10S2. The van der Waals surface area contributed by atoms with Crippen LogP contribution in [0.2, 0.25) is 0 Å². The lowest BCUT2D eigenvalue weighted by Gasteiger charge is -2.28.